The van der Waals surface area contributed by atoms with E-state index in [-0.39, 0.29) is 11.9 Å². The van der Waals surface area contributed by atoms with Crippen LogP contribution in [0, 0.1) is 0 Å². The van der Waals surface area contributed by atoms with Crippen LogP contribution in [0.2, 0.25) is 0 Å². The number of nitrogens with one attached hydrogen (secondary N) is 1. The molecule has 6 heteroatoms. The highest BCUT2D eigenvalue weighted by atomic mass is 16.2. The van der Waals surface area contributed by atoms with Crippen LogP contribution in [-0.2, 0) is 11.3 Å². The lowest BCUT2D eigenvalue weighted by Crippen LogP contribution is -2.37. The van der Waals surface area contributed by atoms with Gasteiger partial charge in [-0.2, -0.15) is 5.10 Å². The Morgan fingerprint density at radius 2 is 2.22 bits per heavy atom. The maximum atomic E-state index is 11.9. The molecule has 100 valence electrons. The molecule has 1 fully saturated rings. The summed E-state index contributed by atoms with van der Waals surface area (Å²) >= 11 is 0. The Balaban J connectivity index is 1.86. The fourth-order valence-electron chi connectivity index (χ4n) is 2.35. The molecule has 0 aliphatic carbocycles. The average molecular weight is 251 g/mol. The Labute approximate surface area is 107 Å². The summed E-state index contributed by atoms with van der Waals surface area (Å²) in [5, 5.41) is 7.09. The molecule has 0 unspecified atom stereocenters. The highest BCUT2D eigenvalue weighted by Gasteiger charge is 2.18. The lowest BCUT2D eigenvalue weighted by Gasteiger charge is -2.17. The minimum absolute atomic E-state index is 0.0649. The van der Waals surface area contributed by atoms with Crippen LogP contribution in [0.4, 0.5) is 0 Å². The minimum atomic E-state index is -0.0949. The molecule has 1 aliphatic rings. The Bertz CT molecular complexity index is 397. The lowest BCUT2D eigenvalue weighted by molar-refractivity contribution is -0.122. The predicted octanol–water partition coefficient (Wildman–Crippen LogP) is 0.571. The highest BCUT2D eigenvalue weighted by Crippen LogP contribution is 2.09. The van der Waals surface area contributed by atoms with E-state index in [4.69, 9.17) is 0 Å². The Hall–Kier alpha value is -1.43. The fourth-order valence-corrected chi connectivity index (χ4v) is 2.35. The van der Waals surface area contributed by atoms with Gasteiger partial charge < -0.3 is 5.32 Å². The van der Waals surface area contributed by atoms with Gasteiger partial charge in [0.05, 0.1) is 12.6 Å². The number of hydrogen-bond acceptors (Lipinski definition) is 4. The molecule has 1 aromatic heterocycles. The smallest absolute Gasteiger partial charge is 0.234 e. The molecule has 0 bridgehead atoms. The first kappa shape index (κ1) is 13.0. The maximum absolute atomic E-state index is 11.9. The van der Waals surface area contributed by atoms with Crippen molar-refractivity contribution < 1.29 is 4.79 Å². The summed E-state index contributed by atoms with van der Waals surface area (Å²) in [6.07, 6.45) is 3.93. The molecule has 1 saturated heterocycles. The number of likely N-dealkylation sites (tertiary alicyclic amines) is 1. The zero-order valence-electron chi connectivity index (χ0n) is 11.1. The number of carbonyl (C=O) groups is 1. The third kappa shape index (κ3) is 3.07. The molecular weight excluding hydrogens is 230 g/mol. The molecule has 1 N–H and O–H groups in total. The third-order valence-electron chi connectivity index (χ3n) is 3.28. The fraction of sp³-hybridized carbons (Fsp3) is 0.750. The quantitative estimate of drug-likeness (QED) is 0.831. The van der Waals surface area contributed by atoms with E-state index in [0.717, 1.165) is 25.5 Å². The van der Waals surface area contributed by atoms with Crippen molar-refractivity contribution in [3.63, 3.8) is 0 Å². The second kappa shape index (κ2) is 5.95. The van der Waals surface area contributed by atoms with E-state index in [1.807, 2.05) is 13.8 Å². The van der Waals surface area contributed by atoms with Gasteiger partial charge in [0.25, 0.3) is 0 Å². The summed E-state index contributed by atoms with van der Waals surface area (Å²) < 4.78 is 1.81. The number of aryl methyl sites for hydroxylation is 1. The van der Waals surface area contributed by atoms with Crippen molar-refractivity contribution in [2.75, 3.05) is 19.6 Å². The molecule has 1 amide bonds. The van der Waals surface area contributed by atoms with E-state index < -0.39 is 0 Å². The first-order valence-corrected chi connectivity index (χ1v) is 6.60. The highest BCUT2D eigenvalue weighted by molar-refractivity contribution is 5.78. The van der Waals surface area contributed by atoms with Crippen molar-refractivity contribution >= 4 is 5.91 Å². The standard InChI is InChI=1S/C12H21N5O/c1-3-17-12(13-9-14-17)10(2)15-11(18)8-16-6-4-5-7-16/h9-10H,3-8H2,1-2H3,(H,15,18)/t10-/m1/s1. The second-order valence-corrected chi connectivity index (χ2v) is 4.71. The second-order valence-electron chi connectivity index (χ2n) is 4.71. The maximum Gasteiger partial charge on any atom is 0.234 e. The predicted molar refractivity (Wildman–Crippen MR) is 67.9 cm³/mol. The van der Waals surface area contributed by atoms with Gasteiger partial charge in [0.2, 0.25) is 5.91 Å². The molecule has 0 aromatic carbocycles. The van der Waals surface area contributed by atoms with Gasteiger partial charge in [0.15, 0.2) is 0 Å². The first-order valence-electron chi connectivity index (χ1n) is 6.60. The molecule has 18 heavy (non-hydrogen) atoms. The summed E-state index contributed by atoms with van der Waals surface area (Å²) in [6.45, 7) is 7.28. The van der Waals surface area contributed by atoms with Gasteiger partial charge in [-0.25, -0.2) is 9.67 Å². The van der Waals surface area contributed by atoms with Crippen molar-refractivity contribution in [3.05, 3.63) is 12.2 Å². The number of rotatable bonds is 5. The molecule has 1 aliphatic heterocycles. The van der Waals surface area contributed by atoms with Crippen molar-refractivity contribution in [2.45, 2.75) is 39.3 Å². The van der Waals surface area contributed by atoms with Crippen LogP contribution < -0.4 is 5.32 Å². The number of hydrogen-bond donors (Lipinski definition) is 1. The monoisotopic (exact) mass is 251 g/mol. The topological polar surface area (TPSA) is 63.1 Å². The molecule has 6 nitrogen and oxygen atoms in total. The van der Waals surface area contributed by atoms with Crippen LogP contribution in [0.1, 0.15) is 38.6 Å². The van der Waals surface area contributed by atoms with Crippen molar-refractivity contribution in [2.24, 2.45) is 0 Å². The summed E-state index contributed by atoms with van der Waals surface area (Å²) in [5.41, 5.74) is 0. The van der Waals surface area contributed by atoms with Crippen molar-refractivity contribution in [1.82, 2.24) is 25.0 Å². The van der Waals surface area contributed by atoms with Crippen LogP contribution in [0.3, 0.4) is 0 Å². The van der Waals surface area contributed by atoms with Crippen LogP contribution in [0.25, 0.3) is 0 Å². The Morgan fingerprint density at radius 3 is 2.89 bits per heavy atom. The number of aromatic nitrogens is 3. The summed E-state index contributed by atoms with van der Waals surface area (Å²) in [6, 6.07) is -0.0949. The van der Waals surface area contributed by atoms with Crippen LogP contribution in [0.15, 0.2) is 6.33 Å². The summed E-state index contributed by atoms with van der Waals surface area (Å²) in [4.78, 5) is 18.3. The van der Waals surface area contributed by atoms with E-state index in [1.165, 1.54) is 19.2 Å². The third-order valence-corrected chi connectivity index (χ3v) is 3.28. The molecule has 0 saturated carbocycles. The van der Waals surface area contributed by atoms with Crippen molar-refractivity contribution in [3.8, 4) is 0 Å². The SMILES string of the molecule is CCn1ncnc1[C@@H](C)NC(=O)CN1CCCC1. The molecular formula is C12H21N5O. The normalized spacial score (nSPS) is 17.9. The summed E-state index contributed by atoms with van der Waals surface area (Å²) in [5.74, 6) is 0.877. The van der Waals surface area contributed by atoms with Crippen LogP contribution in [-0.4, -0.2) is 45.2 Å². The van der Waals surface area contributed by atoms with Gasteiger partial charge >= 0.3 is 0 Å². The van der Waals surface area contributed by atoms with E-state index in [0.29, 0.717) is 6.54 Å². The minimum Gasteiger partial charge on any atom is -0.345 e. The van der Waals surface area contributed by atoms with Crippen LogP contribution in [0.5, 0.6) is 0 Å². The van der Waals surface area contributed by atoms with Gasteiger partial charge in [-0.15, -0.1) is 0 Å². The molecule has 0 spiro atoms. The van der Waals surface area contributed by atoms with Gasteiger partial charge in [-0.1, -0.05) is 0 Å². The average Bonchev–Trinajstić information content (AvgIpc) is 2.97. The van der Waals surface area contributed by atoms with E-state index >= 15 is 0 Å². The first-order chi connectivity index (χ1) is 8.70. The molecule has 0 radical (unpaired) electrons. The van der Waals surface area contributed by atoms with E-state index in [1.54, 1.807) is 4.68 Å². The molecule has 2 rings (SSSR count). The Morgan fingerprint density at radius 1 is 1.50 bits per heavy atom. The van der Waals surface area contributed by atoms with E-state index in [9.17, 15) is 4.79 Å². The molecule has 1 aromatic rings. The van der Waals surface area contributed by atoms with Gasteiger partial charge in [0, 0.05) is 6.54 Å². The number of carbonyl (C=O) groups excluding carboxylic acids is 1. The summed E-state index contributed by atoms with van der Waals surface area (Å²) in [7, 11) is 0. The molecule has 1 atom stereocenters. The van der Waals surface area contributed by atoms with Gasteiger partial charge in [0.1, 0.15) is 12.2 Å². The van der Waals surface area contributed by atoms with E-state index in [2.05, 4.69) is 20.3 Å². The lowest BCUT2D eigenvalue weighted by atomic mass is 10.3. The van der Waals surface area contributed by atoms with Gasteiger partial charge in [-0.05, 0) is 39.8 Å². The number of amides is 1. The number of nitrogens with zero attached hydrogens (tertiary/aromatic N) is 4. The molecule has 2 heterocycles. The van der Waals surface area contributed by atoms with Crippen molar-refractivity contribution in [1.29, 1.82) is 0 Å². The zero-order chi connectivity index (χ0) is 13.0. The van der Waals surface area contributed by atoms with Crippen LogP contribution >= 0.6 is 0 Å². The van der Waals surface area contributed by atoms with Gasteiger partial charge in [-0.3, -0.25) is 9.69 Å². The zero-order valence-corrected chi connectivity index (χ0v) is 11.1. The Kier molecular flexibility index (Phi) is 4.30. The largest absolute Gasteiger partial charge is 0.345 e.